The van der Waals surface area contributed by atoms with Gasteiger partial charge in [0.2, 0.25) is 0 Å². The standard InChI is InChI=1S/C24H28Cl2N2O3.ClH/c1-3-31-23-19(5-4-6-22(23)30-2)24(29)27-16-12-17-8-9-18(13-16)28(17)14-15-7-10-20(25)21(26)11-15;/h4-7,10-11,16-18H,3,8-9,12-14H2,1-2H3,(H,27,29);1H. The minimum Gasteiger partial charge on any atom is -0.493 e. The third-order valence-electron chi connectivity index (χ3n) is 6.30. The van der Waals surface area contributed by atoms with Crippen molar-refractivity contribution in [3.05, 3.63) is 57.6 Å². The highest BCUT2D eigenvalue weighted by atomic mass is 35.5. The highest BCUT2D eigenvalue weighted by Crippen LogP contribution is 2.38. The number of hydrogen-bond acceptors (Lipinski definition) is 4. The number of piperidine rings is 1. The molecule has 2 aliphatic heterocycles. The van der Waals surface area contributed by atoms with Crippen LogP contribution in [-0.4, -0.2) is 42.6 Å². The number of benzene rings is 2. The first kappa shape index (κ1) is 25.0. The van der Waals surface area contributed by atoms with Crippen LogP contribution in [0.5, 0.6) is 11.5 Å². The quantitative estimate of drug-likeness (QED) is 0.527. The molecule has 174 valence electrons. The summed E-state index contributed by atoms with van der Waals surface area (Å²) in [6.07, 6.45) is 4.19. The summed E-state index contributed by atoms with van der Waals surface area (Å²) >= 11 is 12.3. The summed E-state index contributed by atoms with van der Waals surface area (Å²) in [5.41, 5.74) is 1.69. The van der Waals surface area contributed by atoms with E-state index in [0.29, 0.717) is 45.8 Å². The predicted molar refractivity (Wildman–Crippen MR) is 131 cm³/mol. The number of para-hydroxylation sites is 1. The Morgan fingerprint density at radius 1 is 1.12 bits per heavy atom. The van der Waals surface area contributed by atoms with Crippen LogP contribution in [0.25, 0.3) is 0 Å². The van der Waals surface area contributed by atoms with Gasteiger partial charge < -0.3 is 14.8 Å². The number of amides is 1. The topological polar surface area (TPSA) is 50.8 Å². The Kier molecular flexibility index (Phi) is 8.56. The third kappa shape index (κ3) is 5.28. The monoisotopic (exact) mass is 498 g/mol. The maximum absolute atomic E-state index is 13.1. The Balaban J connectivity index is 0.00000289. The van der Waals surface area contributed by atoms with Crippen molar-refractivity contribution < 1.29 is 14.3 Å². The van der Waals surface area contributed by atoms with Gasteiger partial charge in [0.15, 0.2) is 11.5 Å². The molecule has 2 saturated heterocycles. The van der Waals surface area contributed by atoms with E-state index in [2.05, 4.69) is 10.2 Å². The van der Waals surface area contributed by atoms with Crippen LogP contribution in [0, 0.1) is 0 Å². The minimum atomic E-state index is -0.107. The van der Waals surface area contributed by atoms with E-state index in [1.807, 2.05) is 37.3 Å². The van der Waals surface area contributed by atoms with Gasteiger partial charge in [0, 0.05) is 24.7 Å². The molecule has 2 bridgehead atoms. The molecule has 0 aliphatic carbocycles. The molecule has 0 saturated carbocycles. The van der Waals surface area contributed by atoms with Crippen molar-refractivity contribution in [1.29, 1.82) is 0 Å². The van der Waals surface area contributed by atoms with E-state index in [9.17, 15) is 4.79 Å². The molecule has 4 rings (SSSR count). The predicted octanol–water partition coefficient (Wildman–Crippen LogP) is 5.75. The van der Waals surface area contributed by atoms with Crippen molar-refractivity contribution in [2.45, 2.75) is 57.3 Å². The molecule has 1 amide bonds. The Morgan fingerprint density at radius 2 is 1.84 bits per heavy atom. The molecule has 0 aromatic heterocycles. The van der Waals surface area contributed by atoms with E-state index in [1.165, 1.54) is 5.56 Å². The minimum absolute atomic E-state index is 0. The summed E-state index contributed by atoms with van der Waals surface area (Å²) in [5, 5.41) is 4.42. The molecule has 2 aromatic carbocycles. The first-order chi connectivity index (χ1) is 15.0. The van der Waals surface area contributed by atoms with E-state index in [4.69, 9.17) is 32.7 Å². The smallest absolute Gasteiger partial charge is 0.255 e. The molecule has 2 unspecified atom stereocenters. The van der Waals surface area contributed by atoms with Crippen LogP contribution in [0.1, 0.15) is 48.5 Å². The molecule has 2 aliphatic rings. The Bertz CT molecular complexity index is 942. The first-order valence-corrected chi connectivity index (χ1v) is 11.6. The zero-order chi connectivity index (χ0) is 22.0. The largest absolute Gasteiger partial charge is 0.493 e. The van der Waals surface area contributed by atoms with Crippen molar-refractivity contribution in [3.8, 4) is 11.5 Å². The molecule has 2 atom stereocenters. The second-order valence-corrected chi connectivity index (χ2v) is 9.03. The second-order valence-electron chi connectivity index (χ2n) is 8.22. The van der Waals surface area contributed by atoms with E-state index >= 15 is 0 Å². The van der Waals surface area contributed by atoms with Gasteiger partial charge in [-0.05, 0) is 62.4 Å². The fourth-order valence-electron chi connectivity index (χ4n) is 4.91. The molecule has 5 nitrogen and oxygen atoms in total. The molecule has 8 heteroatoms. The highest BCUT2D eigenvalue weighted by Gasteiger charge is 2.41. The maximum Gasteiger partial charge on any atom is 0.255 e. The van der Waals surface area contributed by atoms with E-state index in [0.717, 1.165) is 32.2 Å². The van der Waals surface area contributed by atoms with Gasteiger partial charge in [0.25, 0.3) is 5.91 Å². The summed E-state index contributed by atoms with van der Waals surface area (Å²) in [4.78, 5) is 15.6. The average Bonchev–Trinajstić information content (AvgIpc) is 2.98. The maximum atomic E-state index is 13.1. The van der Waals surface area contributed by atoms with E-state index in [1.54, 1.807) is 13.2 Å². The van der Waals surface area contributed by atoms with Gasteiger partial charge >= 0.3 is 0 Å². The first-order valence-electron chi connectivity index (χ1n) is 10.8. The molecule has 1 N–H and O–H groups in total. The highest BCUT2D eigenvalue weighted by molar-refractivity contribution is 6.42. The number of ether oxygens (including phenoxy) is 2. The molecule has 0 spiro atoms. The lowest BCUT2D eigenvalue weighted by Crippen LogP contribution is -2.50. The Labute approximate surface area is 205 Å². The van der Waals surface area contributed by atoms with Gasteiger partial charge in [-0.1, -0.05) is 35.3 Å². The van der Waals surface area contributed by atoms with Crippen LogP contribution in [0.2, 0.25) is 10.0 Å². The van der Waals surface area contributed by atoms with Gasteiger partial charge in [-0.2, -0.15) is 0 Å². The normalized spacial score (nSPS) is 22.2. The van der Waals surface area contributed by atoms with Gasteiger partial charge in [-0.3, -0.25) is 9.69 Å². The Morgan fingerprint density at radius 3 is 2.47 bits per heavy atom. The summed E-state index contributed by atoms with van der Waals surface area (Å²) in [6.45, 7) is 3.23. The van der Waals surface area contributed by atoms with Crippen molar-refractivity contribution in [2.24, 2.45) is 0 Å². The Hall–Kier alpha value is -1.66. The molecule has 2 fully saturated rings. The van der Waals surface area contributed by atoms with E-state index < -0.39 is 0 Å². The number of rotatable bonds is 7. The molecule has 0 radical (unpaired) electrons. The lowest BCUT2D eigenvalue weighted by atomic mass is 9.96. The number of methoxy groups -OCH3 is 1. The number of halogens is 3. The molecule has 32 heavy (non-hydrogen) atoms. The summed E-state index contributed by atoms with van der Waals surface area (Å²) in [6, 6.07) is 12.3. The third-order valence-corrected chi connectivity index (χ3v) is 7.04. The van der Waals surface area contributed by atoms with Gasteiger partial charge in [-0.25, -0.2) is 0 Å². The number of carbonyl (C=O) groups excluding carboxylic acids is 1. The lowest BCUT2D eigenvalue weighted by molar-refractivity contribution is 0.0824. The van der Waals surface area contributed by atoms with Crippen molar-refractivity contribution in [3.63, 3.8) is 0 Å². The van der Waals surface area contributed by atoms with Gasteiger partial charge in [-0.15, -0.1) is 12.4 Å². The van der Waals surface area contributed by atoms with Crippen LogP contribution in [0.4, 0.5) is 0 Å². The number of hydrogen-bond donors (Lipinski definition) is 1. The SMILES string of the molecule is CCOc1c(OC)cccc1C(=O)NC1CC2CCC(C1)N2Cc1ccc(Cl)c(Cl)c1.Cl. The zero-order valence-electron chi connectivity index (χ0n) is 18.3. The average molecular weight is 500 g/mol. The fraction of sp³-hybridized carbons (Fsp3) is 0.458. The van der Waals surface area contributed by atoms with Crippen LogP contribution in [0.3, 0.4) is 0 Å². The zero-order valence-corrected chi connectivity index (χ0v) is 20.6. The van der Waals surface area contributed by atoms with Crippen LogP contribution in [-0.2, 0) is 6.54 Å². The van der Waals surface area contributed by atoms with Crippen LogP contribution in [0.15, 0.2) is 36.4 Å². The number of fused-ring (bicyclic) bond motifs is 2. The molecular weight excluding hydrogens is 471 g/mol. The van der Waals surface area contributed by atoms with Crippen molar-refractivity contribution >= 4 is 41.5 Å². The van der Waals surface area contributed by atoms with Crippen LogP contribution < -0.4 is 14.8 Å². The fourth-order valence-corrected chi connectivity index (χ4v) is 5.23. The molecule has 2 aromatic rings. The number of nitrogens with zero attached hydrogens (tertiary/aromatic N) is 1. The van der Waals surface area contributed by atoms with Crippen molar-refractivity contribution in [1.82, 2.24) is 10.2 Å². The lowest BCUT2D eigenvalue weighted by Gasteiger charge is -2.39. The van der Waals surface area contributed by atoms with Gasteiger partial charge in [0.1, 0.15) is 0 Å². The van der Waals surface area contributed by atoms with E-state index in [-0.39, 0.29) is 24.4 Å². The molecule has 2 heterocycles. The summed E-state index contributed by atoms with van der Waals surface area (Å²) in [5.74, 6) is 0.973. The number of carbonyl (C=O) groups is 1. The number of nitrogens with one attached hydrogen (secondary N) is 1. The summed E-state index contributed by atoms with van der Waals surface area (Å²) < 4.78 is 11.1. The van der Waals surface area contributed by atoms with Crippen LogP contribution >= 0.6 is 35.6 Å². The van der Waals surface area contributed by atoms with Gasteiger partial charge in [0.05, 0.1) is 29.3 Å². The molecular formula is C24H29Cl3N2O3. The summed E-state index contributed by atoms with van der Waals surface area (Å²) in [7, 11) is 1.58. The van der Waals surface area contributed by atoms with Crippen molar-refractivity contribution in [2.75, 3.05) is 13.7 Å². The second kappa shape index (κ2) is 11.0.